The van der Waals surface area contributed by atoms with Crippen LogP contribution < -0.4 is 18.9 Å². The van der Waals surface area contributed by atoms with Crippen LogP contribution in [0.3, 0.4) is 0 Å². The van der Waals surface area contributed by atoms with Gasteiger partial charge in [0, 0.05) is 0 Å². The highest BCUT2D eigenvalue weighted by Gasteiger charge is 2.47. The minimum absolute atomic E-state index is 0.123. The van der Waals surface area contributed by atoms with Gasteiger partial charge in [0.25, 0.3) is 0 Å². The Hall–Kier alpha value is -3.51. The van der Waals surface area contributed by atoms with Crippen molar-refractivity contribution in [3.05, 3.63) is 83.4 Å². The predicted molar refractivity (Wildman–Crippen MR) is 115 cm³/mol. The number of epoxide rings is 1. The van der Waals surface area contributed by atoms with Crippen LogP contribution in [0.25, 0.3) is 0 Å². The second-order valence-electron chi connectivity index (χ2n) is 7.07. The molecule has 0 amide bonds. The Morgan fingerprint density at radius 2 is 1.48 bits per heavy atom. The normalized spacial score (nSPS) is 17.0. The first kappa shape index (κ1) is 20.8. The zero-order chi connectivity index (χ0) is 21.8. The van der Waals surface area contributed by atoms with Gasteiger partial charge in [-0.15, -0.1) is 0 Å². The molecule has 0 spiro atoms. The lowest BCUT2D eigenvalue weighted by atomic mass is 10.0. The Morgan fingerprint density at radius 3 is 2.13 bits per heavy atom. The summed E-state index contributed by atoms with van der Waals surface area (Å²) in [7, 11) is 4.65. The molecule has 0 aromatic heterocycles. The van der Waals surface area contributed by atoms with Gasteiger partial charge in [-0.3, -0.25) is 4.79 Å². The van der Waals surface area contributed by atoms with Gasteiger partial charge in [-0.2, -0.15) is 0 Å². The van der Waals surface area contributed by atoms with E-state index in [2.05, 4.69) is 0 Å². The zero-order valence-corrected chi connectivity index (χ0v) is 17.7. The van der Waals surface area contributed by atoms with Gasteiger partial charge in [-0.1, -0.05) is 42.5 Å². The molecule has 0 unspecified atom stereocenters. The molecule has 0 saturated carbocycles. The highest BCUT2D eigenvalue weighted by Crippen LogP contribution is 2.47. The number of hydrogen-bond donors (Lipinski definition) is 0. The number of hydrogen-bond acceptors (Lipinski definition) is 6. The number of carbonyl (C=O) groups is 1. The molecule has 4 rings (SSSR count). The van der Waals surface area contributed by atoms with E-state index in [0.29, 0.717) is 35.2 Å². The number of benzene rings is 3. The molecule has 1 heterocycles. The quantitative estimate of drug-likeness (QED) is 0.372. The molecule has 2 atom stereocenters. The topological polar surface area (TPSA) is 66.5 Å². The lowest BCUT2D eigenvalue weighted by molar-refractivity contribution is 0.0949. The molecule has 3 aromatic rings. The molecule has 31 heavy (non-hydrogen) atoms. The fraction of sp³-hybridized carbons (Fsp3) is 0.240. The standard InChI is InChI=1S/C25H24O6/c1-27-20-13-17(14-21(28-2)24(20)29-3)23-25(31-23)22(26)18-11-7-8-12-19(18)30-15-16-9-5-4-6-10-16/h4-14,23,25H,15H2,1-3H3/t23-,25-/m0/s1. The fourth-order valence-electron chi connectivity index (χ4n) is 3.52. The Bertz CT molecular complexity index is 1040. The number of para-hydroxylation sites is 1. The third-order valence-electron chi connectivity index (χ3n) is 5.16. The number of Topliss-reactive ketones (excluding diaryl/α,β-unsaturated/α-hetero) is 1. The van der Waals surface area contributed by atoms with E-state index in [1.807, 2.05) is 42.5 Å². The second kappa shape index (κ2) is 9.10. The highest BCUT2D eigenvalue weighted by atomic mass is 16.6. The summed E-state index contributed by atoms with van der Waals surface area (Å²) in [4.78, 5) is 13.2. The second-order valence-corrected chi connectivity index (χ2v) is 7.07. The molecule has 6 heteroatoms. The van der Waals surface area contributed by atoms with E-state index in [1.54, 1.807) is 45.6 Å². The largest absolute Gasteiger partial charge is 0.493 e. The summed E-state index contributed by atoms with van der Waals surface area (Å²) in [6, 6.07) is 20.7. The molecule has 0 radical (unpaired) electrons. The van der Waals surface area contributed by atoms with Crippen molar-refractivity contribution in [3.8, 4) is 23.0 Å². The van der Waals surface area contributed by atoms with Gasteiger partial charge in [0.1, 0.15) is 18.5 Å². The summed E-state index contributed by atoms with van der Waals surface area (Å²) in [6.45, 7) is 0.382. The van der Waals surface area contributed by atoms with Crippen molar-refractivity contribution in [2.45, 2.75) is 18.8 Å². The third-order valence-corrected chi connectivity index (χ3v) is 5.16. The summed E-state index contributed by atoms with van der Waals surface area (Å²) in [6.07, 6.45) is -0.979. The zero-order valence-electron chi connectivity index (χ0n) is 17.7. The van der Waals surface area contributed by atoms with Crippen molar-refractivity contribution in [2.75, 3.05) is 21.3 Å². The van der Waals surface area contributed by atoms with E-state index in [0.717, 1.165) is 11.1 Å². The molecule has 6 nitrogen and oxygen atoms in total. The Morgan fingerprint density at radius 1 is 0.839 bits per heavy atom. The summed E-state index contributed by atoms with van der Waals surface area (Å²) in [5.74, 6) is 1.95. The first-order valence-electron chi connectivity index (χ1n) is 9.91. The Kier molecular flexibility index (Phi) is 6.09. The van der Waals surface area contributed by atoms with Crippen LogP contribution in [0.1, 0.15) is 27.6 Å². The Labute approximate surface area is 181 Å². The average Bonchev–Trinajstić information content (AvgIpc) is 3.63. The van der Waals surface area contributed by atoms with E-state index >= 15 is 0 Å². The lowest BCUT2D eigenvalue weighted by Gasteiger charge is -2.13. The van der Waals surface area contributed by atoms with E-state index in [-0.39, 0.29) is 11.9 Å². The van der Waals surface area contributed by atoms with Crippen molar-refractivity contribution < 1.29 is 28.5 Å². The van der Waals surface area contributed by atoms with Crippen molar-refractivity contribution >= 4 is 5.78 Å². The molecular formula is C25H24O6. The van der Waals surface area contributed by atoms with Crippen LogP contribution >= 0.6 is 0 Å². The van der Waals surface area contributed by atoms with Gasteiger partial charge in [-0.05, 0) is 35.4 Å². The number of rotatable bonds is 9. The van der Waals surface area contributed by atoms with Gasteiger partial charge in [0.15, 0.2) is 23.4 Å². The molecule has 1 aliphatic rings. The number of methoxy groups -OCH3 is 3. The summed E-state index contributed by atoms with van der Waals surface area (Å²) >= 11 is 0. The van der Waals surface area contributed by atoms with E-state index < -0.39 is 6.10 Å². The molecular weight excluding hydrogens is 396 g/mol. The van der Waals surface area contributed by atoms with E-state index in [1.165, 1.54) is 0 Å². The van der Waals surface area contributed by atoms with Gasteiger partial charge in [-0.25, -0.2) is 0 Å². The van der Waals surface area contributed by atoms with Gasteiger partial charge in [0.2, 0.25) is 5.75 Å². The molecule has 160 valence electrons. The maximum Gasteiger partial charge on any atom is 0.203 e. The third kappa shape index (κ3) is 4.34. The number of ether oxygens (including phenoxy) is 5. The maximum atomic E-state index is 13.2. The van der Waals surface area contributed by atoms with Crippen LogP contribution in [0.4, 0.5) is 0 Å². The summed E-state index contributed by atoms with van der Waals surface area (Å²) < 4.78 is 27.9. The average molecular weight is 420 g/mol. The van der Waals surface area contributed by atoms with E-state index in [4.69, 9.17) is 23.7 Å². The first-order valence-corrected chi connectivity index (χ1v) is 9.91. The van der Waals surface area contributed by atoms with Crippen molar-refractivity contribution in [1.82, 2.24) is 0 Å². The van der Waals surface area contributed by atoms with Crippen molar-refractivity contribution in [3.63, 3.8) is 0 Å². The van der Waals surface area contributed by atoms with Crippen LogP contribution in [0.5, 0.6) is 23.0 Å². The van der Waals surface area contributed by atoms with Crippen LogP contribution in [0.15, 0.2) is 66.7 Å². The summed E-state index contributed by atoms with van der Waals surface area (Å²) in [5.41, 5.74) is 2.32. The molecule has 3 aromatic carbocycles. The van der Waals surface area contributed by atoms with Gasteiger partial charge < -0.3 is 23.7 Å². The SMILES string of the molecule is COc1cc([C@@H]2O[C@H]2C(=O)c2ccccc2OCc2ccccc2)cc(OC)c1OC. The van der Waals surface area contributed by atoms with Crippen LogP contribution in [-0.4, -0.2) is 33.2 Å². The van der Waals surface area contributed by atoms with Crippen molar-refractivity contribution in [1.29, 1.82) is 0 Å². The molecule has 1 saturated heterocycles. The van der Waals surface area contributed by atoms with E-state index in [9.17, 15) is 4.79 Å². The van der Waals surface area contributed by atoms with Gasteiger partial charge in [0.05, 0.1) is 26.9 Å². The molecule has 1 fully saturated rings. The Balaban J connectivity index is 1.52. The molecule has 1 aliphatic heterocycles. The summed E-state index contributed by atoms with van der Waals surface area (Å²) in [5, 5.41) is 0. The molecule has 0 bridgehead atoms. The molecule has 0 aliphatic carbocycles. The van der Waals surface area contributed by atoms with Crippen LogP contribution in [0, 0.1) is 0 Å². The monoisotopic (exact) mass is 420 g/mol. The maximum absolute atomic E-state index is 13.2. The minimum Gasteiger partial charge on any atom is -0.493 e. The number of ketones is 1. The minimum atomic E-state index is -0.593. The van der Waals surface area contributed by atoms with Crippen LogP contribution in [-0.2, 0) is 11.3 Å². The van der Waals surface area contributed by atoms with Crippen LogP contribution in [0.2, 0.25) is 0 Å². The number of carbonyl (C=O) groups excluding carboxylic acids is 1. The predicted octanol–water partition coefficient (Wildman–Crippen LogP) is 4.61. The highest BCUT2D eigenvalue weighted by molar-refractivity contribution is 6.03. The smallest absolute Gasteiger partial charge is 0.203 e. The first-order chi connectivity index (χ1) is 15.2. The molecule has 0 N–H and O–H groups in total. The lowest BCUT2D eigenvalue weighted by Crippen LogP contribution is -2.11. The van der Waals surface area contributed by atoms with Gasteiger partial charge >= 0.3 is 0 Å². The van der Waals surface area contributed by atoms with Crippen molar-refractivity contribution in [2.24, 2.45) is 0 Å². The fourth-order valence-corrected chi connectivity index (χ4v) is 3.52.